The Bertz CT molecular complexity index is 1290. The number of esters is 2. The van der Waals surface area contributed by atoms with Crippen LogP contribution in [0.1, 0.15) is 29.9 Å². The van der Waals surface area contributed by atoms with Gasteiger partial charge in [0.1, 0.15) is 11.9 Å². The summed E-state index contributed by atoms with van der Waals surface area (Å²) in [5.41, 5.74) is -8.40. The first-order valence-electron chi connectivity index (χ1n) is 8.60. The number of nitriles is 1. The monoisotopic (exact) mass is 536 g/mol. The number of rotatable bonds is 5. The number of nitrogens with two attached hydrogens (primary N) is 1. The van der Waals surface area contributed by atoms with Crippen LogP contribution in [0.4, 0.5) is 17.6 Å². The van der Waals surface area contributed by atoms with Crippen LogP contribution in [0.3, 0.4) is 0 Å². The quantitative estimate of drug-likeness (QED) is 0.344. The van der Waals surface area contributed by atoms with Gasteiger partial charge in [0.25, 0.3) is 5.56 Å². The first-order valence-corrected chi connectivity index (χ1v) is 9.39. The van der Waals surface area contributed by atoms with E-state index in [1.54, 1.807) is 6.07 Å². The van der Waals surface area contributed by atoms with Crippen LogP contribution >= 0.6 is 15.9 Å². The van der Waals surface area contributed by atoms with Crippen LogP contribution in [0.15, 0.2) is 32.3 Å². The second kappa shape index (κ2) is 9.06. The van der Waals surface area contributed by atoms with E-state index in [1.807, 2.05) is 0 Å². The van der Waals surface area contributed by atoms with E-state index in [9.17, 15) is 36.7 Å². The average Bonchev–Trinajstić information content (AvgIpc) is 2.68. The number of benzene rings is 1. The lowest BCUT2D eigenvalue weighted by Crippen LogP contribution is -2.45. The molecule has 33 heavy (non-hydrogen) atoms. The molecule has 0 aliphatic heterocycles. The summed E-state index contributed by atoms with van der Waals surface area (Å²) in [7, 11) is 0. The van der Waals surface area contributed by atoms with Crippen LogP contribution < -0.4 is 17.1 Å². The van der Waals surface area contributed by atoms with E-state index in [0.29, 0.717) is 12.1 Å². The SMILES string of the molecule is CC(C)(OC(=O)c1cc(-n2c(=O)cc(C(F)(F)F)n(N)c2=O)c(F)cc1Br)C(=O)OCC#N. The lowest BCUT2D eigenvalue weighted by atomic mass is 10.1. The van der Waals surface area contributed by atoms with Gasteiger partial charge in [0.2, 0.25) is 5.60 Å². The number of aromatic nitrogens is 2. The molecule has 0 unspecified atom stereocenters. The molecule has 2 rings (SSSR count). The number of nitrogen functional groups attached to an aromatic ring is 1. The van der Waals surface area contributed by atoms with Gasteiger partial charge in [-0.3, -0.25) is 4.79 Å². The highest BCUT2D eigenvalue weighted by Gasteiger charge is 2.37. The minimum atomic E-state index is -5.15. The van der Waals surface area contributed by atoms with Gasteiger partial charge in [-0.25, -0.2) is 28.0 Å². The van der Waals surface area contributed by atoms with Crippen LogP contribution in [-0.2, 0) is 20.4 Å². The second-order valence-corrected chi connectivity index (χ2v) is 7.63. The zero-order valence-electron chi connectivity index (χ0n) is 16.7. The topological polar surface area (TPSA) is 146 Å². The molecule has 0 radical (unpaired) electrons. The van der Waals surface area contributed by atoms with Gasteiger partial charge in [-0.1, -0.05) is 0 Å². The summed E-state index contributed by atoms with van der Waals surface area (Å²) in [4.78, 5) is 49.0. The molecule has 0 aliphatic rings. The third kappa shape index (κ3) is 5.22. The lowest BCUT2D eigenvalue weighted by molar-refractivity contribution is -0.161. The Labute approximate surface area is 189 Å². The van der Waals surface area contributed by atoms with E-state index < -0.39 is 69.0 Å². The largest absolute Gasteiger partial charge is 0.447 e. The van der Waals surface area contributed by atoms with Gasteiger partial charge >= 0.3 is 23.8 Å². The predicted octanol–water partition coefficient (Wildman–Crippen LogP) is 1.64. The molecule has 2 aromatic rings. The minimum Gasteiger partial charge on any atom is -0.447 e. The fourth-order valence-electron chi connectivity index (χ4n) is 2.46. The molecule has 15 heteroatoms. The fourth-order valence-corrected chi connectivity index (χ4v) is 2.94. The van der Waals surface area contributed by atoms with Crippen LogP contribution in [0.5, 0.6) is 0 Å². The first kappa shape index (κ1) is 25.6. The number of hydrogen-bond acceptors (Lipinski definition) is 8. The molecule has 0 saturated heterocycles. The van der Waals surface area contributed by atoms with Crippen LogP contribution in [-0.4, -0.2) is 33.4 Å². The Morgan fingerprint density at radius 2 is 1.82 bits per heavy atom. The first-order chi connectivity index (χ1) is 15.1. The van der Waals surface area contributed by atoms with Crippen molar-refractivity contribution in [1.82, 2.24) is 9.24 Å². The van der Waals surface area contributed by atoms with Crippen molar-refractivity contribution in [1.29, 1.82) is 5.26 Å². The summed E-state index contributed by atoms with van der Waals surface area (Å²) in [6.07, 6.45) is -5.15. The number of nitrogens with zero attached hydrogens (tertiary/aromatic N) is 3. The molecule has 0 amide bonds. The number of ether oxygens (including phenoxy) is 2. The predicted molar refractivity (Wildman–Crippen MR) is 105 cm³/mol. The molecule has 176 valence electrons. The number of alkyl halides is 3. The van der Waals surface area contributed by atoms with Gasteiger partial charge in [-0.05, 0) is 41.9 Å². The smallest absolute Gasteiger partial charge is 0.433 e. The molecule has 2 N–H and O–H groups in total. The molecular formula is C18H13BrF4N4O6. The fraction of sp³-hybridized carbons (Fsp3) is 0.278. The van der Waals surface area contributed by atoms with Crippen molar-refractivity contribution >= 4 is 27.9 Å². The Kier molecular flexibility index (Phi) is 7.02. The third-order valence-corrected chi connectivity index (χ3v) is 4.69. The summed E-state index contributed by atoms with van der Waals surface area (Å²) in [5.74, 6) is 1.53. The summed E-state index contributed by atoms with van der Waals surface area (Å²) >= 11 is 2.89. The molecule has 1 aromatic heterocycles. The Morgan fingerprint density at radius 1 is 1.21 bits per heavy atom. The van der Waals surface area contributed by atoms with Gasteiger partial charge < -0.3 is 15.3 Å². The van der Waals surface area contributed by atoms with E-state index in [4.69, 9.17) is 15.8 Å². The average molecular weight is 537 g/mol. The van der Waals surface area contributed by atoms with Crippen LogP contribution in [0, 0.1) is 17.1 Å². The van der Waals surface area contributed by atoms with Crippen molar-refractivity contribution in [2.45, 2.75) is 25.6 Å². The van der Waals surface area contributed by atoms with Crippen molar-refractivity contribution in [2.75, 3.05) is 12.4 Å². The van der Waals surface area contributed by atoms with Gasteiger partial charge in [0.05, 0.1) is 11.3 Å². The molecule has 0 atom stereocenters. The minimum absolute atomic E-state index is 0.0138. The molecule has 0 aliphatic carbocycles. The molecule has 0 spiro atoms. The standard InChI is InChI=1S/C18H13BrF4N4O6/c1-17(2,15(30)32-4-3-24)33-14(29)8-5-11(10(20)6-9(8)19)26-13(28)7-12(18(21,22)23)27(25)16(26)31/h5-7H,4,25H2,1-2H3. The van der Waals surface area contributed by atoms with Gasteiger partial charge in [-0.15, -0.1) is 0 Å². The molecule has 0 saturated carbocycles. The van der Waals surface area contributed by atoms with E-state index in [0.717, 1.165) is 13.8 Å². The van der Waals surface area contributed by atoms with Crippen LogP contribution in [0.25, 0.3) is 5.69 Å². The van der Waals surface area contributed by atoms with Crippen molar-refractivity contribution < 1.29 is 36.6 Å². The molecule has 0 bridgehead atoms. The van der Waals surface area contributed by atoms with E-state index >= 15 is 0 Å². The Morgan fingerprint density at radius 3 is 2.36 bits per heavy atom. The maximum Gasteiger partial charge on any atom is 0.433 e. The Balaban J connectivity index is 2.59. The lowest BCUT2D eigenvalue weighted by Gasteiger charge is -2.23. The normalized spacial score (nSPS) is 11.6. The number of hydrogen-bond donors (Lipinski definition) is 1. The zero-order chi connectivity index (χ0) is 25.3. The summed E-state index contributed by atoms with van der Waals surface area (Å²) in [6, 6.07) is 2.83. The summed E-state index contributed by atoms with van der Waals surface area (Å²) < 4.78 is 62.4. The molecular weight excluding hydrogens is 524 g/mol. The summed E-state index contributed by atoms with van der Waals surface area (Å²) in [6.45, 7) is 1.65. The van der Waals surface area contributed by atoms with E-state index in [1.165, 1.54) is 0 Å². The molecule has 1 heterocycles. The number of halogens is 5. The zero-order valence-corrected chi connectivity index (χ0v) is 18.3. The number of carbonyl (C=O) groups is 2. The van der Waals surface area contributed by atoms with Gasteiger partial charge in [0, 0.05) is 10.5 Å². The Hall–Kier alpha value is -3.67. The van der Waals surface area contributed by atoms with E-state index in [2.05, 4.69) is 20.7 Å². The van der Waals surface area contributed by atoms with Crippen molar-refractivity contribution in [3.05, 3.63) is 60.6 Å². The highest BCUT2D eigenvalue weighted by atomic mass is 79.9. The van der Waals surface area contributed by atoms with Crippen LogP contribution in [0.2, 0.25) is 0 Å². The molecule has 1 aromatic carbocycles. The van der Waals surface area contributed by atoms with E-state index in [-0.39, 0.29) is 15.1 Å². The maximum absolute atomic E-state index is 14.6. The van der Waals surface area contributed by atoms with Gasteiger partial charge in [0.15, 0.2) is 12.3 Å². The molecule has 10 nitrogen and oxygen atoms in total. The highest BCUT2D eigenvalue weighted by Crippen LogP contribution is 2.28. The van der Waals surface area contributed by atoms with Crippen molar-refractivity contribution in [3.63, 3.8) is 0 Å². The van der Waals surface area contributed by atoms with Gasteiger partial charge in [-0.2, -0.15) is 18.4 Å². The number of carbonyl (C=O) groups excluding carboxylic acids is 2. The van der Waals surface area contributed by atoms with Crippen molar-refractivity contribution in [2.24, 2.45) is 0 Å². The molecule has 0 fully saturated rings. The second-order valence-electron chi connectivity index (χ2n) is 6.77. The summed E-state index contributed by atoms with van der Waals surface area (Å²) in [5, 5.41) is 8.46. The highest BCUT2D eigenvalue weighted by molar-refractivity contribution is 9.10. The maximum atomic E-state index is 14.6. The van der Waals surface area contributed by atoms with Crippen molar-refractivity contribution in [3.8, 4) is 11.8 Å². The third-order valence-electron chi connectivity index (χ3n) is 4.03.